The molecule has 0 N–H and O–H groups in total. The first-order valence-corrected chi connectivity index (χ1v) is 21.2. The molecule has 0 saturated carbocycles. The van der Waals surface area contributed by atoms with E-state index in [1.807, 2.05) is 24.3 Å². The minimum Gasteiger partial charge on any atom is -0.228 e. The zero-order chi connectivity index (χ0) is 38.0. The van der Waals surface area contributed by atoms with E-state index in [0.29, 0.717) is 11.6 Å². The Morgan fingerprint density at radius 3 is 1.02 bits per heavy atom. The van der Waals surface area contributed by atoms with Crippen molar-refractivity contribution in [1.82, 2.24) is 19.9 Å². The van der Waals surface area contributed by atoms with Crippen molar-refractivity contribution in [2.24, 2.45) is 0 Å². The van der Waals surface area contributed by atoms with Crippen LogP contribution in [0.2, 0.25) is 0 Å². The van der Waals surface area contributed by atoms with E-state index in [4.69, 9.17) is 19.9 Å². The second-order valence-corrected chi connectivity index (χ2v) is 18.0. The highest BCUT2D eigenvalue weighted by atomic mass is 28.3. The molecule has 2 heterocycles. The van der Waals surface area contributed by atoms with Crippen molar-refractivity contribution in [3.63, 3.8) is 0 Å². The second-order valence-electron chi connectivity index (χ2n) is 14.2. The molecule has 10 aromatic rings. The van der Waals surface area contributed by atoms with Gasteiger partial charge in [-0.3, -0.25) is 0 Å². The maximum atomic E-state index is 5.28. The van der Waals surface area contributed by atoms with Crippen molar-refractivity contribution >= 4 is 50.6 Å². The van der Waals surface area contributed by atoms with Crippen molar-refractivity contribution in [3.8, 4) is 45.3 Å². The molecule has 0 radical (unpaired) electrons. The van der Waals surface area contributed by atoms with Gasteiger partial charge < -0.3 is 0 Å². The van der Waals surface area contributed by atoms with E-state index in [-0.39, 0.29) is 0 Å². The highest BCUT2D eigenvalue weighted by molar-refractivity contribution is 7.20. The molecular formula is C52H36N4Si. The van der Waals surface area contributed by atoms with Gasteiger partial charge in [0.05, 0.1) is 22.4 Å². The van der Waals surface area contributed by atoms with Crippen molar-refractivity contribution < 1.29 is 0 Å². The Labute approximate surface area is 332 Å². The van der Waals surface area contributed by atoms with Crippen LogP contribution in [0.3, 0.4) is 0 Å². The van der Waals surface area contributed by atoms with Crippen LogP contribution >= 0.6 is 0 Å². The summed E-state index contributed by atoms with van der Waals surface area (Å²) in [4.78, 5) is 20.9. The molecule has 8 aromatic carbocycles. The van der Waals surface area contributed by atoms with Gasteiger partial charge in [0.2, 0.25) is 0 Å². The van der Waals surface area contributed by atoms with E-state index in [0.717, 1.165) is 55.4 Å². The van der Waals surface area contributed by atoms with Crippen LogP contribution in [0.5, 0.6) is 0 Å². The van der Waals surface area contributed by atoms with Gasteiger partial charge in [0.15, 0.2) is 19.7 Å². The predicted molar refractivity (Wildman–Crippen MR) is 238 cm³/mol. The molecule has 2 aromatic heterocycles. The molecular weight excluding hydrogens is 709 g/mol. The van der Waals surface area contributed by atoms with Crippen molar-refractivity contribution in [2.45, 2.75) is 0 Å². The lowest BCUT2D eigenvalue weighted by atomic mass is 10.1. The monoisotopic (exact) mass is 744 g/mol. The Morgan fingerprint density at radius 2 is 0.596 bits per heavy atom. The van der Waals surface area contributed by atoms with Gasteiger partial charge in [0.1, 0.15) is 0 Å². The highest BCUT2D eigenvalue weighted by Gasteiger charge is 2.42. The van der Waals surface area contributed by atoms with Gasteiger partial charge in [-0.15, -0.1) is 0 Å². The summed E-state index contributed by atoms with van der Waals surface area (Å²) in [5.74, 6) is 1.40. The fourth-order valence-electron chi connectivity index (χ4n) is 8.20. The number of hydrogen-bond acceptors (Lipinski definition) is 4. The topological polar surface area (TPSA) is 51.6 Å². The predicted octanol–water partition coefficient (Wildman–Crippen LogP) is 9.62. The van der Waals surface area contributed by atoms with Gasteiger partial charge in [0, 0.05) is 33.0 Å². The average molecular weight is 745 g/mol. The van der Waals surface area contributed by atoms with Crippen LogP contribution in [0, 0.1) is 0 Å². The summed E-state index contributed by atoms with van der Waals surface area (Å²) >= 11 is 0. The quantitative estimate of drug-likeness (QED) is 0.115. The SMILES string of the molecule is c1ccc(-c2nc(-c3cccc([Si](c4ccccc4)(c4ccccc4)c4cccc(-c5nc(-c6ccccc6)c6ccccc6n5)c4)c3)nc3ccccc23)cc1. The van der Waals surface area contributed by atoms with Crippen LogP contribution in [-0.4, -0.2) is 28.0 Å². The number of para-hydroxylation sites is 2. The number of nitrogens with zero attached hydrogens (tertiary/aromatic N) is 4. The first kappa shape index (κ1) is 34.2. The number of fused-ring (bicyclic) bond motifs is 2. The van der Waals surface area contributed by atoms with Crippen LogP contribution < -0.4 is 20.7 Å². The Balaban J connectivity index is 1.21. The normalized spacial score (nSPS) is 11.5. The third-order valence-corrected chi connectivity index (χ3v) is 15.6. The number of benzene rings is 8. The number of aromatic nitrogens is 4. The highest BCUT2D eigenvalue weighted by Crippen LogP contribution is 2.31. The average Bonchev–Trinajstić information content (AvgIpc) is 3.30. The van der Waals surface area contributed by atoms with Crippen LogP contribution in [0.25, 0.3) is 67.1 Å². The van der Waals surface area contributed by atoms with Gasteiger partial charge in [-0.25, -0.2) is 19.9 Å². The van der Waals surface area contributed by atoms with Crippen LogP contribution in [0.4, 0.5) is 0 Å². The first-order chi connectivity index (χ1) is 28.3. The maximum Gasteiger partial charge on any atom is 0.179 e. The minimum atomic E-state index is -3.00. The Hall–Kier alpha value is -7.34. The number of hydrogen-bond donors (Lipinski definition) is 0. The second kappa shape index (κ2) is 14.7. The van der Waals surface area contributed by atoms with Gasteiger partial charge in [-0.2, -0.15) is 0 Å². The van der Waals surface area contributed by atoms with E-state index in [1.165, 1.54) is 20.7 Å². The van der Waals surface area contributed by atoms with E-state index < -0.39 is 8.07 Å². The molecule has 0 spiro atoms. The van der Waals surface area contributed by atoms with Gasteiger partial charge in [-0.05, 0) is 32.9 Å². The molecule has 0 saturated heterocycles. The molecule has 4 nitrogen and oxygen atoms in total. The van der Waals surface area contributed by atoms with Crippen molar-refractivity contribution in [2.75, 3.05) is 0 Å². The van der Waals surface area contributed by atoms with Gasteiger partial charge >= 0.3 is 0 Å². The van der Waals surface area contributed by atoms with E-state index in [1.54, 1.807) is 0 Å². The van der Waals surface area contributed by atoms with Crippen LogP contribution in [0.15, 0.2) is 218 Å². The molecule has 0 amide bonds. The number of rotatable bonds is 8. The summed E-state index contributed by atoms with van der Waals surface area (Å²) in [5, 5.41) is 7.08. The Morgan fingerprint density at radius 1 is 0.263 bits per heavy atom. The Bertz CT molecular complexity index is 2800. The summed E-state index contributed by atoms with van der Waals surface area (Å²) in [6, 6.07) is 77.2. The summed E-state index contributed by atoms with van der Waals surface area (Å²) in [5.41, 5.74) is 7.76. The van der Waals surface area contributed by atoms with Gasteiger partial charge in [0.25, 0.3) is 0 Å². The fraction of sp³-hybridized carbons (Fsp3) is 0. The molecule has 0 unspecified atom stereocenters. The molecule has 268 valence electrons. The third-order valence-electron chi connectivity index (χ3n) is 10.8. The van der Waals surface area contributed by atoms with Crippen molar-refractivity contribution in [3.05, 3.63) is 218 Å². The summed E-state index contributed by atoms with van der Waals surface area (Å²) in [7, 11) is -3.00. The first-order valence-electron chi connectivity index (χ1n) is 19.2. The molecule has 0 aliphatic heterocycles. The maximum absolute atomic E-state index is 5.28. The minimum absolute atomic E-state index is 0.699. The smallest absolute Gasteiger partial charge is 0.179 e. The van der Waals surface area contributed by atoms with E-state index >= 15 is 0 Å². The molecule has 10 rings (SSSR count). The lowest BCUT2D eigenvalue weighted by molar-refractivity contribution is 1.23. The fourth-order valence-corrected chi connectivity index (χ4v) is 13.0. The zero-order valence-corrected chi connectivity index (χ0v) is 32.1. The third kappa shape index (κ3) is 6.20. The standard InChI is InChI=1S/C52H36N4Si/c1-5-19-37(20-6-1)49-45-31-13-15-33-47(45)53-51(55-49)39-23-17-29-43(35-39)57(41-25-9-3-10-26-41,42-27-11-4-12-28-42)44-30-18-24-40(36-44)52-54-48-34-16-14-32-46(48)50(56-52)38-21-7-2-8-22-38/h1-36H. The summed E-state index contributed by atoms with van der Waals surface area (Å²) in [6.45, 7) is 0. The molecule has 0 atom stereocenters. The lowest BCUT2D eigenvalue weighted by Gasteiger charge is -2.35. The van der Waals surface area contributed by atoms with E-state index in [9.17, 15) is 0 Å². The van der Waals surface area contributed by atoms with Crippen LogP contribution in [0.1, 0.15) is 0 Å². The molecule has 0 aliphatic rings. The summed E-state index contributed by atoms with van der Waals surface area (Å²) in [6.07, 6.45) is 0. The van der Waals surface area contributed by atoms with Crippen LogP contribution in [-0.2, 0) is 0 Å². The summed E-state index contributed by atoms with van der Waals surface area (Å²) < 4.78 is 0. The molecule has 57 heavy (non-hydrogen) atoms. The van der Waals surface area contributed by atoms with Gasteiger partial charge in [-0.1, -0.05) is 206 Å². The Kier molecular flexibility index (Phi) is 8.82. The van der Waals surface area contributed by atoms with Crippen molar-refractivity contribution in [1.29, 1.82) is 0 Å². The molecule has 5 heteroatoms. The molecule has 0 fully saturated rings. The van der Waals surface area contributed by atoms with E-state index in [2.05, 4.69) is 194 Å². The molecule has 0 aliphatic carbocycles. The largest absolute Gasteiger partial charge is 0.228 e. The lowest BCUT2D eigenvalue weighted by Crippen LogP contribution is -2.74. The zero-order valence-electron chi connectivity index (χ0n) is 31.1. The molecule has 0 bridgehead atoms.